The molecule has 0 aliphatic heterocycles. The first-order chi connectivity index (χ1) is 9.06. The van der Waals surface area contributed by atoms with Crippen LogP contribution in [0.2, 0.25) is 5.02 Å². The highest BCUT2D eigenvalue weighted by atomic mass is 79.9. The van der Waals surface area contributed by atoms with Gasteiger partial charge in [-0.2, -0.15) is 5.10 Å². The summed E-state index contributed by atoms with van der Waals surface area (Å²) in [6.45, 7) is 1.94. The van der Waals surface area contributed by atoms with E-state index >= 15 is 0 Å². The van der Waals surface area contributed by atoms with Gasteiger partial charge in [-0.3, -0.25) is 5.43 Å². The number of anilines is 1. The lowest BCUT2D eigenvalue weighted by molar-refractivity contribution is 0.474. The Hall–Kier alpha value is -1.52. The summed E-state index contributed by atoms with van der Waals surface area (Å²) in [4.78, 5) is 0. The third-order valence-electron chi connectivity index (χ3n) is 2.56. The number of aromatic hydroxyl groups is 1. The molecule has 0 unspecified atom stereocenters. The Labute approximate surface area is 125 Å². The quantitative estimate of drug-likeness (QED) is 0.636. The molecule has 2 aromatic carbocycles. The average molecular weight is 340 g/mol. The second-order valence-electron chi connectivity index (χ2n) is 4.04. The van der Waals surface area contributed by atoms with E-state index in [2.05, 4.69) is 26.5 Å². The molecule has 2 aromatic rings. The lowest BCUT2D eigenvalue weighted by Gasteiger charge is -2.03. The van der Waals surface area contributed by atoms with E-state index in [0.717, 1.165) is 15.7 Å². The highest BCUT2D eigenvalue weighted by Gasteiger charge is 1.99. The van der Waals surface area contributed by atoms with Crippen LogP contribution in [0.15, 0.2) is 46.0 Å². The van der Waals surface area contributed by atoms with Gasteiger partial charge in [-0.1, -0.05) is 33.6 Å². The smallest absolute Gasteiger partial charge is 0.124 e. The van der Waals surface area contributed by atoms with Crippen LogP contribution in [-0.4, -0.2) is 11.3 Å². The number of rotatable bonds is 3. The summed E-state index contributed by atoms with van der Waals surface area (Å²) in [7, 11) is 0. The van der Waals surface area contributed by atoms with Crippen LogP contribution >= 0.6 is 27.5 Å². The minimum atomic E-state index is 0.177. The number of hydrogen-bond donors (Lipinski definition) is 2. The summed E-state index contributed by atoms with van der Waals surface area (Å²) in [5, 5.41) is 14.4. The predicted octanol–water partition coefficient (Wildman–Crippen LogP) is 4.56. The minimum absolute atomic E-state index is 0.177. The van der Waals surface area contributed by atoms with Crippen molar-refractivity contribution in [3.8, 4) is 5.75 Å². The molecule has 0 fully saturated rings. The highest BCUT2D eigenvalue weighted by Crippen LogP contribution is 2.21. The molecule has 0 heterocycles. The van der Waals surface area contributed by atoms with Gasteiger partial charge in [0.25, 0.3) is 0 Å². The number of hydrazone groups is 1. The molecular formula is C14H12BrClN2O. The van der Waals surface area contributed by atoms with Gasteiger partial charge in [0.05, 0.1) is 11.9 Å². The molecule has 0 spiro atoms. The summed E-state index contributed by atoms with van der Waals surface area (Å²) in [5.74, 6) is 0.177. The monoisotopic (exact) mass is 338 g/mol. The van der Waals surface area contributed by atoms with E-state index < -0.39 is 0 Å². The van der Waals surface area contributed by atoms with Crippen LogP contribution in [0.5, 0.6) is 5.75 Å². The van der Waals surface area contributed by atoms with Crippen LogP contribution in [0.1, 0.15) is 11.1 Å². The Kier molecular flexibility index (Phi) is 4.45. The van der Waals surface area contributed by atoms with Crippen molar-refractivity contribution in [1.29, 1.82) is 0 Å². The Bertz CT molecular complexity index is 629. The number of halogens is 2. The van der Waals surface area contributed by atoms with Crippen molar-refractivity contribution in [2.24, 2.45) is 5.10 Å². The number of benzene rings is 2. The summed E-state index contributed by atoms with van der Waals surface area (Å²) in [6, 6.07) is 10.8. The second-order valence-corrected chi connectivity index (χ2v) is 5.36. The molecule has 0 aliphatic carbocycles. The molecule has 98 valence electrons. The van der Waals surface area contributed by atoms with Gasteiger partial charge in [0.1, 0.15) is 5.75 Å². The molecule has 0 atom stereocenters. The van der Waals surface area contributed by atoms with Gasteiger partial charge in [0.15, 0.2) is 0 Å². The van der Waals surface area contributed by atoms with Gasteiger partial charge in [-0.25, -0.2) is 0 Å². The fourth-order valence-electron chi connectivity index (χ4n) is 1.47. The number of nitrogens with one attached hydrogen (secondary N) is 1. The molecule has 2 rings (SSSR count). The largest absolute Gasteiger partial charge is 0.507 e. The van der Waals surface area contributed by atoms with E-state index in [4.69, 9.17) is 11.6 Å². The molecule has 3 nitrogen and oxygen atoms in total. The SMILES string of the molecule is Cc1ccc(N/N=C/c2cc(Br)ccc2O)cc1Cl. The number of phenolic OH excluding ortho intramolecular Hbond substituents is 1. The van der Waals surface area contributed by atoms with Crippen molar-refractivity contribution in [2.45, 2.75) is 6.92 Å². The predicted molar refractivity (Wildman–Crippen MR) is 83.2 cm³/mol. The molecular weight excluding hydrogens is 328 g/mol. The molecule has 0 aromatic heterocycles. The fourth-order valence-corrected chi connectivity index (χ4v) is 2.03. The zero-order chi connectivity index (χ0) is 13.8. The van der Waals surface area contributed by atoms with Gasteiger partial charge in [-0.05, 0) is 42.8 Å². The minimum Gasteiger partial charge on any atom is -0.507 e. The molecule has 2 N–H and O–H groups in total. The van der Waals surface area contributed by atoms with Crippen LogP contribution in [0.25, 0.3) is 0 Å². The standard InChI is InChI=1S/C14H12BrClN2O/c1-9-2-4-12(7-13(9)16)18-17-8-10-6-11(15)3-5-14(10)19/h2-8,18-19H,1H3/b17-8+. The van der Waals surface area contributed by atoms with Gasteiger partial charge in [-0.15, -0.1) is 0 Å². The fraction of sp³-hybridized carbons (Fsp3) is 0.0714. The van der Waals surface area contributed by atoms with Gasteiger partial charge in [0.2, 0.25) is 0 Å². The van der Waals surface area contributed by atoms with E-state index in [1.54, 1.807) is 30.5 Å². The van der Waals surface area contributed by atoms with Gasteiger partial charge in [0, 0.05) is 15.1 Å². The van der Waals surface area contributed by atoms with E-state index in [9.17, 15) is 5.11 Å². The Morgan fingerprint density at radius 1 is 1.26 bits per heavy atom. The maximum Gasteiger partial charge on any atom is 0.124 e. The van der Waals surface area contributed by atoms with Crippen molar-refractivity contribution < 1.29 is 5.11 Å². The Balaban J connectivity index is 2.11. The number of aryl methyl sites for hydroxylation is 1. The van der Waals surface area contributed by atoms with Gasteiger partial charge < -0.3 is 5.11 Å². The summed E-state index contributed by atoms with van der Waals surface area (Å²) >= 11 is 9.36. The van der Waals surface area contributed by atoms with Crippen LogP contribution in [0, 0.1) is 6.92 Å². The highest BCUT2D eigenvalue weighted by molar-refractivity contribution is 9.10. The average Bonchev–Trinajstić information content (AvgIpc) is 2.38. The molecule has 5 heteroatoms. The van der Waals surface area contributed by atoms with Crippen molar-refractivity contribution >= 4 is 39.4 Å². The van der Waals surface area contributed by atoms with Crippen molar-refractivity contribution in [2.75, 3.05) is 5.43 Å². The summed E-state index contributed by atoms with van der Waals surface area (Å²) < 4.78 is 0.880. The zero-order valence-corrected chi connectivity index (χ0v) is 12.5. The summed E-state index contributed by atoms with van der Waals surface area (Å²) in [5.41, 5.74) is 5.30. The third-order valence-corrected chi connectivity index (χ3v) is 3.46. The number of phenols is 1. The van der Waals surface area contributed by atoms with Crippen LogP contribution in [0.4, 0.5) is 5.69 Å². The first kappa shape index (κ1) is 13.9. The normalized spacial score (nSPS) is 10.9. The van der Waals surface area contributed by atoms with Crippen molar-refractivity contribution in [3.63, 3.8) is 0 Å². The lowest BCUT2D eigenvalue weighted by atomic mass is 10.2. The molecule has 0 saturated heterocycles. The van der Waals surface area contributed by atoms with Crippen LogP contribution in [-0.2, 0) is 0 Å². The maximum absolute atomic E-state index is 9.65. The van der Waals surface area contributed by atoms with E-state index in [1.807, 2.05) is 19.1 Å². The van der Waals surface area contributed by atoms with Crippen LogP contribution < -0.4 is 5.43 Å². The Morgan fingerprint density at radius 3 is 2.79 bits per heavy atom. The molecule has 19 heavy (non-hydrogen) atoms. The molecule has 0 aliphatic rings. The number of hydrogen-bond acceptors (Lipinski definition) is 3. The van der Waals surface area contributed by atoms with Crippen LogP contribution in [0.3, 0.4) is 0 Å². The van der Waals surface area contributed by atoms with Gasteiger partial charge >= 0.3 is 0 Å². The molecule has 0 saturated carbocycles. The number of nitrogens with zero attached hydrogens (tertiary/aromatic N) is 1. The molecule has 0 bridgehead atoms. The summed E-state index contributed by atoms with van der Waals surface area (Å²) in [6.07, 6.45) is 1.55. The Morgan fingerprint density at radius 2 is 2.05 bits per heavy atom. The molecule has 0 amide bonds. The zero-order valence-electron chi connectivity index (χ0n) is 10.2. The molecule has 0 radical (unpaired) electrons. The van der Waals surface area contributed by atoms with Crippen molar-refractivity contribution in [3.05, 3.63) is 57.0 Å². The third kappa shape index (κ3) is 3.72. The topological polar surface area (TPSA) is 44.6 Å². The van der Waals surface area contributed by atoms with E-state index in [-0.39, 0.29) is 5.75 Å². The van der Waals surface area contributed by atoms with E-state index in [0.29, 0.717) is 10.6 Å². The maximum atomic E-state index is 9.65. The second kappa shape index (κ2) is 6.08. The van der Waals surface area contributed by atoms with Crippen molar-refractivity contribution in [1.82, 2.24) is 0 Å². The van der Waals surface area contributed by atoms with E-state index in [1.165, 1.54) is 0 Å². The lowest BCUT2D eigenvalue weighted by Crippen LogP contribution is -1.91. The first-order valence-corrected chi connectivity index (χ1v) is 6.77. The first-order valence-electron chi connectivity index (χ1n) is 5.60.